The SMILES string of the molecule is CCCC(CCC)Nc1ccc(OCC(N)=O)cc1. The van der Waals surface area contributed by atoms with Gasteiger partial charge in [-0.2, -0.15) is 0 Å². The van der Waals surface area contributed by atoms with Gasteiger partial charge in [0.2, 0.25) is 0 Å². The van der Waals surface area contributed by atoms with Crippen molar-refractivity contribution < 1.29 is 9.53 Å². The minimum atomic E-state index is -0.465. The summed E-state index contributed by atoms with van der Waals surface area (Å²) in [6, 6.07) is 8.15. The van der Waals surface area contributed by atoms with Crippen LogP contribution in [0.4, 0.5) is 5.69 Å². The van der Waals surface area contributed by atoms with Gasteiger partial charge in [0.25, 0.3) is 5.91 Å². The number of benzene rings is 1. The van der Waals surface area contributed by atoms with Gasteiger partial charge in [0, 0.05) is 11.7 Å². The van der Waals surface area contributed by atoms with E-state index in [2.05, 4.69) is 19.2 Å². The number of hydrogen-bond donors (Lipinski definition) is 2. The Morgan fingerprint density at radius 2 is 1.79 bits per heavy atom. The van der Waals surface area contributed by atoms with Crippen LogP contribution in [0, 0.1) is 0 Å². The maximum atomic E-state index is 10.6. The predicted octanol–water partition coefficient (Wildman–Crippen LogP) is 2.93. The van der Waals surface area contributed by atoms with Crippen LogP contribution >= 0.6 is 0 Å². The number of amides is 1. The van der Waals surface area contributed by atoms with E-state index in [4.69, 9.17) is 10.5 Å². The molecule has 3 N–H and O–H groups in total. The van der Waals surface area contributed by atoms with Gasteiger partial charge in [0.15, 0.2) is 6.61 Å². The molecule has 0 bridgehead atoms. The third-order valence-electron chi connectivity index (χ3n) is 2.88. The zero-order valence-electron chi connectivity index (χ0n) is 11.8. The lowest BCUT2D eigenvalue weighted by molar-refractivity contribution is -0.119. The van der Waals surface area contributed by atoms with E-state index in [0.29, 0.717) is 11.8 Å². The normalized spacial score (nSPS) is 10.5. The highest BCUT2D eigenvalue weighted by Gasteiger charge is 2.06. The van der Waals surface area contributed by atoms with Crippen LogP contribution in [0.5, 0.6) is 5.75 Å². The summed E-state index contributed by atoms with van der Waals surface area (Å²) in [7, 11) is 0. The third kappa shape index (κ3) is 6.13. The molecule has 0 spiro atoms. The smallest absolute Gasteiger partial charge is 0.255 e. The van der Waals surface area contributed by atoms with E-state index in [-0.39, 0.29) is 6.61 Å². The first kappa shape index (κ1) is 15.3. The fourth-order valence-electron chi connectivity index (χ4n) is 2.02. The molecule has 0 aromatic heterocycles. The van der Waals surface area contributed by atoms with Gasteiger partial charge in [-0.1, -0.05) is 26.7 Å². The third-order valence-corrected chi connectivity index (χ3v) is 2.88. The summed E-state index contributed by atoms with van der Waals surface area (Å²) in [5.74, 6) is 0.194. The van der Waals surface area contributed by atoms with Crippen LogP contribution in [0.15, 0.2) is 24.3 Å². The van der Waals surface area contributed by atoms with Gasteiger partial charge < -0.3 is 15.8 Å². The number of carbonyl (C=O) groups excluding carboxylic acids is 1. The first-order chi connectivity index (χ1) is 9.15. The minimum Gasteiger partial charge on any atom is -0.484 e. The van der Waals surface area contributed by atoms with Gasteiger partial charge in [-0.3, -0.25) is 4.79 Å². The van der Waals surface area contributed by atoms with Crippen molar-refractivity contribution in [3.8, 4) is 5.75 Å². The number of rotatable bonds is 9. The van der Waals surface area contributed by atoms with Gasteiger partial charge in [-0.15, -0.1) is 0 Å². The molecule has 0 unspecified atom stereocenters. The van der Waals surface area contributed by atoms with E-state index in [1.807, 2.05) is 24.3 Å². The van der Waals surface area contributed by atoms with Crippen molar-refractivity contribution in [3.05, 3.63) is 24.3 Å². The number of nitrogens with one attached hydrogen (secondary N) is 1. The second-order valence-electron chi connectivity index (χ2n) is 4.70. The van der Waals surface area contributed by atoms with E-state index in [1.54, 1.807) is 0 Å². The fraction of sp³-hybridized carbons (Fsp3) is 0.533. The summed E-state index contributed by atoms with van der Waals surface area (Å²) in [5, 5.41) is 3.53. The molecule has 4 heteroatoms. The maximum absolute atomic E-state index is 10.6. The molecule has 1 aromatic rings. The minimum absolute atomic E-state index is 0.0823. The Balaban J connectivity index is 2.52. The molecule has 1 amide bonds. The lowest BCUT2D eigenvalue weighted by Gasteiger charge is -2.18. The second kappa shape index (κ2) is 8.40. The van der Waals surface area contributed by atoms with Crippen LogP contribution in [0.1, 0.15) is 39.5 Å². The Hall–Kier alpha value is -1.71. The van der Waals surface area contributed by atoms with Gasteiger partial charge >= 0.3 is 0 Å². The number of anilines is 1. The highest BCUT2D eigenvalue weighted by Crippen LogP contribution is 2.18. The fourth-order valence-corrected chi connectivity index (χ4v) is 2.02. The average Bonchev–Trinajstić information content (AvgIpc) is 2.38. The lowest BCUT2D eigenvalue weighted by Crippen LogP contribution is -2.20. The summed E-state index contributed by atoms with van der Waals surface area (Å²) in [4.78, 5) is 10.6. The predicted molar refractivity (Wildman–Crippen MR) is 78.4 cm³/mol. The Morgan fingerprint density at radius 3 is 2.26 bits per heavy atom. The number of hydrogen-bond acceptors (Lipinski definition) is 3. The Bertz CT molecular complexity index is 370. The molecule has 0 saturated heterocycles. The lowest BCUT2D eigenvalue weighted by atomic mass is 10.1. The van der Waals surface area contributed by atoms with Crippen molar-refractivity contribution >= 4 is 11.6 Å². The quantitative estimate of drug-likeness (QED) is 0.720. The first-order valence-electron chi connectivity index (χ1n) is 6.93. The Kier molecular flexibility index (Phi) is 6.79. The van der Waals surface area contributed by atoms with E-state index in [0.717, 1.165) is 5.69 Å². The number of primary amides is 1. The van der Waals surface area contributed by atoms with Crippen molar-refractivity contribution in [1.29, 1.82) is 0 Å². The van der Waals surface area contributed by atoms with E-state index in [9.17, 15) is 4.79 Å². The van der Waals surface area contributed by atoms with Gasteiger partial charge in [0.05, 0.1) is 0 Å². The summed E-state index contributed by atoms with van der Waals surface area (Å²) in [6.45, 7) is 4.32. The molecule has 19 heavy (non-hydrogen) atoms. The molecule has 1 rings (SSSR count). The maximum Gasteiger partial charge on any atom is 0.255 e. The molecule has 0 saturated carbocycles. The summed E-state index contributed by atoms with van der Waals surface area (Å²) >= 11 is 0. The van der Waals surface area contributed by atoms with Crippen LogP contribution in [0.2, 0.25) is 0 Å². The second-order valence-corrected chi connectivity index (χ2v) is 4.70. The molecule has 1 aromatic carbocycles. The molecule has 0 atom stereocenters. The first-order valence-corrected chi connectivity index (χ1v) is 6.93. The van der Waals surface area contributed by atoms with Crippen molar-refractivity contribution in [2.45, 2.75) is 45.6 Å². The standard InChI is InChI=1S/C15H24N2O2/c1-3-5-12(6-4-2)17-13-7-9-14(10-8-13)19-11-15(16)18/h7-10,12,17H,3-6,11H2,1-2H3,(H2,16,18). The Morgan fingerprint density at radius 1 is 1.21 bits per heavy atom. The molecule has 0 heterocycles. The number of nitrogens with two attached hydrogens (primary N) is 1. The van der Waals surface area contributed by atoms with Crippen LogP contribution in [0.25, 0.3) is 0 Å². The number of ether oxygens (including phenoxy) is 1. The highest BCUT2D eigenvalue weighted by molar-refractivity contribution is 5.75. The molecule has 0 fully saturated rings. The zero-order valence-corrected chi connectivity index (χ0v) is 11.8. The van der Waals surface area contributed by atoms with E-state index < -0.39 is 5.91 Å². The average molecular weight is 264 g/mol. The van der Waals surface area contributed by atoms with Crippen LogP contribution < -0.4 is 15.8 Å². The monoisotopic (exact) mass is 264 g/mol. The molecular weight excluding hydrogens is 240 g/mol. The van der Waals surface area contributed by atoms with Crippen LogP contribution in [-0.2, 0) is 4.79 Å². The molecule has 0 aliphatic heterocycles. The largest absolute Gasteiger partial charge is 0.484 e. The van der Waals surface area contributed by atoms with Crippen molar-refractivity contribution in [2.24, 2.45) is 5.73 Å². The molecule has 4 nitrogen and oxygen atoms in total. The highest BCUT2D eigenvalue weighted by atomic mass is 16.5. The van der Waals surface area contributed by atoms with Crippen molar-refractivity contribution in [1.82, 2.24) is 0 Å². The van der Waals surface area contributed by atoms with Crippen molar-refractivity contribution in [3.63, 3.8) is 0 Å². The summed E-state index contributed by atoms with van der Waals surface area (Å²) < 4.78 is 5.22. The Labute approximate surface area is 115 Å². The van der Waals surface area contributed by atoms with E-state index in [1.165, 1.54) is 25.7 Å². The van der Waals surface area contributed by atoms with Crippen LogP contribution in [0.3, 0.4) is 0 Å². The molecular formula is C15H24N2O2. The van der Waals surface area contributed by atoms with Gasteiger partial charge in [-0.05, 0) is 37.1 Å². The molecule has 106 valence electrons. The van der Waals surface area contributed by atoms with E-state index >= 15 is 0 Å². The zero-order chi connectivity index (χ0) is 14.1. The molecule has 0 radical (unpaired) electrons. The topological polar surface area (TPSA) is 64.3 Å². The van der Waals surface area contributed by atoms with Gasteiger partial charge in [-0.25, -0.2) is 0 Å². The molecule has 0 aliphatic carbocycles. The summed E-state index contributed by atoms with van der Waals surface area (Å²) in [6.07, 6.45) is 4.70. The van der Waals surface area contributed by atoms with Crippen LogP contribution in [-0.4, -0.2) is 18.6 Å². The summed E-state index contributed by atoms with van der Waals surface area (Å²) in [5.41, 5.74) is 6.11. The van der Waals surface area contributed by atoms with Crippen molar-refractivity contribution in [2.75, 3.05) is 11.9 Å². The molecule has 0 aliphatic rings. The van der Waals surface area contributed by atoms with Gasteiger partial charge in [0.1, 0.15) is 5.75 Å². The number of carbonyl (C=O) groups is 1.